The van der Waals surface area contributed by atoms with Crippen LogP contribution in [0.15, 0.2) is 30.3 Å². The van der Waals surface area contributed by atoms with Crippen LogP contribution in [0.25, 0.3) is 0 Å². The molecular formula is C11H10FN3O2. The minimum absolute atomic E-state index is 0.0430. The molecule has 5 nitrogen and oxygen atoms in total. The van der Waals surface area contributed by atoms with Crippen molar-refractivity contribution in [3.63, 3.8) is 0 Å². The molecule has 17 heavy (non-hydrogen) atoms. The molecule has 88 valence electrons. The van der Waals surface area contributed by atoms with Gasteiger partial charge in [0.1, 0.15) is 11.6 Å². The van der Waals surface area contributed by atoms with Crippen molar-refractivity contribution in [2.45, 2.75) is 0 Å². The molecule has 0 atom stereocenters. The monoisotopic (exact) mass is 235 g/mol. The van der Waals surface area contributed by atoms with E-state index in [0.717, 1.165) is 0 Å². The summed E-state index contributed by atoms with van der Waals surface area (Å²) in [5, 5.41) is 0. The Balaban J connectivity index is 2.23. The maximum atomic E-state index is 12.7. The molecule has 0 radical (unpaired) electrons. The molecule has 0 amide bonds. The van der Waals surface area contributed by atoms with E-state index in [-0.39, 0.29) is 17.6 Å². The lowest BCUT2D eigenvalue weighted by molar-refractivity contribution is 0.389. The molecule has 6 heteroatoms. The molecule has 1 heterocycles. The molecule has 0 fully saturated rings. The van der Waals surface area contributed by atoms with Gasteiger partial charge >= 0.3 is 0 Å². The maximum Gasteiger partial charge on any atom is 0.227 e. The molecule has 0 unspecified atom stereocenters. The van der Waals surface area contributed by atoms with Gasteiger partial charge < -0.3 is 15.2 Å². The summed E-state index contributed by atoms with van der Waals surface area (Å²) in [4.78, 5) is 7.68. The molecule has 2 rings (SSSR count). The van der Waals surface area contributed by atoms with Crippen LogP contribution in [-0.4, -0.2) is 17.1 Å². The van der Waals surface area contributed by atoms with Crippen LogP contribution >= 0.6 is 0 Å². The molecule has 0 saturated carbocycles. The summed E-state index contributed by atoms with van der Waals surface area (Å²) in [7, 11) is 1.46. The molecule has 2 N–H and O–H groups in total. The number of nitrogen functional groups attached to an aromatic ring is 1. The van der Waals surface area contributed by atoms with Gasteiger partial charge in [-0.25, -0.2) is 4.39 Å². The predicted octanol–water partition coefficient (Wildman–Crippen LogP) is 2.00. The zero-order valence-electron chi connectivity index (χ0n) is 9.05. The van der Waals surface area contributed by atoms with Crippen LogP contribution in [-0.2, 0) is 0 Å². The smallest absolute Gasteiger partial charge is 0.227 e. The van der Waals surface area contributed by atoms with Crippen LogP contribution in [0.2, 0.25) is 0 Å². The Kier molecular flexibility index (Phi) is 3.04. The summed E-state index contributed by atoms with van der Waals surface area (Å²) >= 11 is 0. The lowest BCUT2D eigenvalue weighted by atomic mass is 10.3. The average molecular weight is 235 g/mol. The highest BCUT2D eigenvalue weighted by Crippen LogP contribution is 2.23. The fourth-order valence-corrected chi connectivity index (χ4v) is 1.20. The van der Waals surface area contributed by atoms with E-state index in [9.17, 15) is 4.39 Å². The van der Waals surface area contributed by atoms with Crippen molar-refractivity contribution in [1.82, 2.24) is 9.97 Å². The molecule has 1 aromatic carbocycles. The van der Waals surface area contributed by atoms with Crippen LogP contribution < -0.4 is 15.2 Å². The number of nitrogens with two attached hydrogens (primary N) is 1. The third kappa shape index (κ3) is 2.81. The third-order valence-corrected chi connectivity index (χ3v) is 1.94. The van der Waals surface area contributed by atoms with Crippen molar-refractivity contribution in [2.75, 3.05) is 12.8 Å². The Morgan fingerprint density at radius 3 is 2.41 bits per heavy atom. The van der Waals surface area contributed by atoms with Crippen LogP contribution in [0.1, 0.15) is 0 Å². The predicted molar refractivity (Wildman–Crippen MR) is 59.5 cm³/mol. The normalized spacial score (nSPS) is 10.0. The first-order valence-electron chi connectivity index (χ1n) is 4.79. The number of benzene rings is 1. The van der Waals surface area contributed by atoms with Crippen molar-refractivity contribution in [3.8, 4) is 17.5 Å². The van der Waals surface area contributed by atoms with Gasteiger partial charge in [-0.1, -0.05) is 0 Å². The first-order valence-corrected chi connectivity index (χ1v) is 4.79. The highest BCUT2D eigenvalue weighted by molar-refractivity contribution is 5.33. The topological polar surface area (TPSA) is 70.3 Å². The van der Waals surface area contributed by atoms with Gasteiger partial charge in [-0.15, -0.1) is 0 Å². The number of aromatic nitrogens is 2. The van der Waals surface area contributed by atoms with Gasteiger partial charge in [-0.05, 0) is 24.3 Å². The quantitative estimate of drug-likeness (QED) is 0.881. The molecule has 1 aromatic heterocycles. The van der Waals surface area contributed by atoms with E-state index in [4.69, 9.17) is 15.2 Å². The van der Waals surface area contributed by atoms with Gasteiger partial charge in [-0.2, -0.15) is 9.97 Å². The third-order valence-electron chi connectivity index (χ3n) is 1.94. The van der Waals surface area contributed by atoms with Crippen LogP contribution in [0, 0.1) is 5.82 Å². The van der Waals surface area contributed by atoms with E-state index < -0.39 is 0 Å². The number of rotatable bonds is 3. The Bertz CT molecular complexity index is 517. The fraction of sp³-hybridized carbons (Fsp3) is 0.0909. The second-order valence-electron chi connectivity index (χ2n) is 3.16. The first-order chi connectivity index (χ1) is 8.17. The summed E-state index contributed by atoms with van der Waals surface area (Å²) in [6.45, 7) is 0. The summed E-state index contributed by atoms with van der Waals surface area (Å²) in [6.07, 6.45) is 0. The van der Waals surface area contributed by atoms with Gasteiger partial charge in [0, 0.05) is 0 Å². The van der Waals surface area contributed by atoms with E-state index in [1.165, 1.54) is 37.4 Å². The maximum absolute atomic E-state index is 12.7. The number of ether oxygens (including phenoxy) is 2. The largest absolute Gasteiger partial charge is 0.481 e. The van der Waals surface area contributed by atoms with Gasteiger partial charge in [0.2, 0.25) is 17.7 Å². The number of methoxy groups -OCH3 is 1. The molecule has 2 aromatic rings. The Morgan fingerprint density at radius 2 is 1.76 bits per heavy atom. The van der Waals surface area contributed by atoms with Gasteiger partial charge in [0.05, 0.1) is 13.2 Å². The highest BCUT2D eigenvalue weighted by atomic mass is 19.1. The molecular weight excluding hydrogens is 225 g/mol. The Hall–Kier alpha value is -2.37. The molecule has 0 bridgehead atoms. The summed E-state index contributed by atoms with van der Waals surface area (Å²) in [6, 6.07) is 7.04. The lowest BCUT2D eigenvalue weighted by Gasteiger charge is -2.06. The lowest BCUT2D eigenvalue weighted by Crippen LogP contribution is -1.99. The Labute approximate surface area is 97.0 Å². The minimum atomic E-state index is -0.336. The summed E-state index contributed by atoms with van der Waals surface area (Å²) in [5.41, 5.74) is 5.47. The number of anilines is 1. The minimum Gasteiger partial charge on any atom is -0.481 e. The standard InChI is InChI=1S/C11H10FN3O2/c1-16-9-6-10(15-11(13)14-9)17-8-4-2-7(12)3-5-8/h2-6H,1H3,(H2,13,14,15). The van der Waals surface area contributed by atoms with Crippen LogP contribution in [0.5, 0.6) is 17.5 Å². The summed E-state index contributed by atoms with van der Waals surface area (Å²) < 4.78 is 23.0. The van der Waals surface area contributed by atoms with E-state index in [0.29, 0.717) is 11.6 Å². The average Bonchev–Trinajstić information content (AvgIpc) is 2.31. The van der Waals surface area contributed by atoms with E-state index >= 15 is 0 Å². The van der Waals surface area contributed by atoms with Crippen LogP contribution in [0.4, 0.5) is 10.3 Å². The SMILES string of the molecule is COc1cc(Oc2ccc(F)cc2)nc(N)n1. The Morgan fingerprint density at radius 1 is 1.12 bits per heavy atom. The zero-order chi connectivity index (χ0) is 12.3. The zero-order valence-corrected chi connectivity index (χ0v) is 9.05. The summed E-state index contributed by atoms with van der Waals surface area (Å²) in [5.74, 6) is 0.695. The van der Waals surface area contributed by atoms with Gasteiger partial charge in [0.15, 0.2) is 0 Å². The molecule has 0 aliphatic heterocycles. The van der Waals surface area contributed by atoms with Crippen molar-refractivity contribution in [1.29, 1.82) is 0 Å². The first kappa shape index (κ1) is 11.1. The fourth-order valence-electron chi connectivity index (χ4n) is 1.20. The van der Waals surface area contributed by atoms with Gasteiger partial charge in [0.25, 0.3) is 0 Å². The van der Waals surface area contributed by atoms with Crippen molar-refractivity contribution < 1.29 is 13.9 Å². The van der Waals surface area contributed by atoms with E-state index in [1.807, 2.05) is 0 Å². The highest BCUT2D eigenvalue weighted by Gasteiger charge is 2.04. The number of hydrogen-bond donors (Lipinski definition) is 1. The van der Waals surface area contributed by atoms with Crippen molar-refractivity contribution in [3.05, 3.63) is 36.1 Å². The van der Waals surface area contributed by atoms with Crippen molar-refractivity contribution in [2.24, 2.45) is 0 Å². The molecule has 0 saturated heterocycles. The number of nitrogens with zero attached hydrogens (tertiary/aromatic N) is 2. The molecule has 0 aliphatic rings. The second-order valence-corrected chi connectivity index (χ2v) is 3.16. The van der Waals surface area contributed by atoms with E-state index in [2.05, 4.69) is 9.97 Å². The second kappa shape index (κ2) is 4.65. The van der Waals surface area contributed by atoms with E-state index in [1.54, 1.807) is 0 Å². The molecule has 0 spiro atoms. The van der Waals surface area contributed by atoms with Gasteiger partial charge in [-0.3, -0.25) is 0 Å². The molecule has 0 aliphatic carbocycles. The number of halogens is 1. The van der Waals surface area contributed by atoms with Crippen molar-refractivity contribution >= 4 is 5.95 Å². The van der Waals surface area contributed by atoms with Crippen LogP contribution in [0.3, 0.4) is 0 Å². The number of hydrogen-bond acceptors (Lipinski definition) is 5.